The maximum Gasteiger partial charge on any atom is 0.311 e. The second kappa shape index (κ2) is 22.0. The van der Waals surface area contributed by atoms with Crippen LogP contribution in [0.1, 0.15) is 109 Å². The number of rotatable bonds is 12. The highest BCUT2D eigenvalue weighted by atomic mass is 16.7. The molecule has 0 radical (unpaired) electrons. The largest absolute Gasteiger partial charge is 0.493 e. The lowest BCUT2D eigenvalue weighted by Crippen LogP contribution is -2.61. The van der Waals surface area contributed by atoms with Crippen molar-refractivity contribution >= 4 is 5.97 Å². The molecule has 3 heterocycles. The van der Waals surface area contributed by atoms with Crippen LogP contribution in [0.2, 0.25) is 0 Å². The Morgan fingerprint density at radius 2 is 1.60 bits per heavy atom. The minimum absolute atomic E-state index is 0.120. The maximum absolute atomic E-state index is 14.5. The summed E-state index contributed by atoms with van der Waals surface area (Å²) in [6, 6.07) is 4.53. The van der Waals surface area contributed by atoms with E-state index in [4.69, 9.17) is 42.6 Å². The molecule has 10 unspecified atom stereocenters. The molecule has 5 N–H and O–H groups in total. The van der Waals surface area contributed by atoms with Gasteiger partial charge in [0.05, 0.1) is 60.8 Å². The Kier molecular flexibility index (Phi) is 18.6. The number of esters is 1. The maximum atomic E-state index is 14.5. The van der Waals surface area contributed by atoms with E-state index in [0.29, 0.717) is 30.2 Å². The van der Waals surface area contributed by atoms with Crippen LogP contribution in [0.4, 0.5) is 0 Å². The van der Waals surface area contributed by atoms with E-state index >= 15 is 0 Å². The minimum Gasteiger partial charge on any atom is -0.493 e. The fraction of sp³-hybridized carbons (Fsp3) is 0.851. The molecule has 0 aromatic heterocycles. The normalized spacial score (nSPS) is 42.8. The van der Waals surface area contributed by atoms with E-state index in [2.05, 4.69) is 5.32 Å². The third kappa shape index (κ3) is 12.6. The lowest BCUT2D eigenvalue weighted by molar-refractivity contribution is -0.314. The van der Waals surface area contributed by atoms with Crippen molar-refractivity contribution in [2.45, 2.75) is 205 Å². The quantitative estimate of drug-likeness (QED) is 0.185. The van der Waals surface area contributed by atoms with Gasteiger partial charge in [0, 0.05) is 38.1 Å². The minimum atomic E-state index is -1.82. The Morgan fingerprint density at radius 1 is 0.937 bits per heavy atom. The Balaban J connectivity index is 1.87. The van der Waals surface area contributed by atoms with Crippen LogP contribution in [-0.2, 0) is 33.2 Å². The highest BCUT2D eigenvalue weighted by Gasteiger charge is 2.53. The van der Waals surface area contributed by atoms with E-state index < -0.39 is 96.0 Å². The van der Waals surface area contributed by atoms with Gasteiger partial charge in [-0.05, 0) is 114 Å². The second-order valence-electron chi connectivity index (χ2n) is 19.6. The van der Waals surface area contributed by atoms with Crippen molar-refractivity contribution in [3.8, 4) is 17.2 Å². The van der Waals surface area contributed by atoms with Crippen molar-refractivity contribution in [3.05, 3.63) is 18.2 Å². The highest BCUT2D eigenvalue weighted by Crippen LogP contribution is 2.41. The Labute approximate surface area is 376 Å². The van der Waals surface area contributed by atoms with Gasteiger partial charge in [0.1, 0.15) is 29.7 Å². The Hall–Kier alpha value is -2.35. The van der Waals surface area contributed by atoms with Crippen molar-refractivity contribution in [2.75, 3.05) is 34.9 Å². The van der Waals surface area contributed by atoms with Crippen molar-refractivity contribution < 1.29 is 67.9 Å². The number of likely N-dealkylation sites (N-methyl/N-ethyl adjacent to an activating group) is 2. The molecular formula is C47H82N2O14. The van der Waals surface area contributed by atoms with Gasteiger partial charge >= 0.3 is 5.97 Å². The van der Waals surface area contributed by atoms with Gasteiger partial charge in [-0.15, -0.1) is 0 Å². The number of aliphatic hydroxyl groups excluding tert-OH is 2. The van der Waals surface area contributed by atoms with Crippen molar-refractivity contribution in [2.24, 2.45) is 17.8 Å². The standard InChI is InChI=1S/C47H82N2O14/c1-17-36-47(12,54)40(50)30(8)49(14)24-26(4)22-45(10,53)42(28(6)38(29(7)43(52)61-36)62-37-23-46(11,56-16)41(51)31(9)59-37)63-44-39(33(48-13)20-27(5)58-44)60-32-18-19-34(55-15)35(21-32)57-25(2)3/h18-19,21,25-31,33,36-42,44,48,50-51,53-54H,17,20,22-24H2,1-16H3/t26?,27-,28?,29?,30?,31+,33+,36?,37+,38?,39-,40?,41+,42?,44+,45?,46-,47?/m1/s1. The van der Waals surface area contributed by atoms with Crippen LogP contribution in [0.3, 0.4) is 0 Å². The average molecular weight is 899 g/mol. The zero-order chi connectivity index (χ0) is 47.4. The summed E-state index contributed by atoms with van der Waals surface area (Å²) in [5, 5.41) is 50.9. The van der Waals surface area contributed by atoms with Gasteiger partial charge < -0.3 is 73.3 Å². The lowest BCUT2D eigenvalue weighted by Gasteiger charge is -2.48. The smallest absolute Gasteiger partial charge is 0.311 e. The molecule has 364 valence electrons. The van der Waals surface area contributed by atoms with E-state index in [1.54, 1.807) is 59.9 Å². The van der Waals surface area contributed by atoms with Crippen LogP contribution in [0.15, 0.2) is 18.2 Å². The van der Waals surface area contributed by atoms with Crippen LogP contribution in [-0.4, -0.2) is 163 Å². The molecule has 0 spiro atoms. The van der Waals surface area contributed by atoms with Crippen molar-refractivity contribution in [3.63, 3.8) is 0 Å². The van der Waals surface area contributed by atoms with Crippen molar-refractivity contribution in [1.82, 2.24) is 10.2 Å². The van der Waals surface area contributed by atoms with E-state index in [0.717, 1.165) is 0 Å². The molecule has 16 heteroatoms. The third-order valence-corrected chi connectivity index (χ3v) is 13.7. The first-order chi connectivity index (χ1) is 29.3. The number of benzene rings is 1. The van der Waals surface area contributed by atoms with E-state index in [1.807, 2.05) is 60.5 Å². The van der Waals surface area contributed by atoms with Crippen LogP contribution in [0.25, 0.3) is 0 Å². The molecule has 3 aliphatic rings. The number of carbonyl (C=O) groups excluding carboxylic acids is 1. The number of nitrogens with zero attached hydrogens (tertiary/aromatic N) is 1. The van der Waals surface area contributed by atoms with Crippen LogP contribution in [0.5, 0.6) is 17.2 Å². The number of ether oxygens (including phenoxy) is 9. The summed E-state index contributed by atoms with van der Waals surface area (Å²) in [5.41, 5.74) is -4.46. The second-order valence-corrected chi connectivity index (χ2v) is 19.6. The molecule has 18 atom stereocenters. The Morgan fingerprint density at radius 3 is 2.19 bits per heavy atom. The predicted octanol–water partition coefficient (Wildman–Crippen LogP) is 4.44. The number of methoxy groups -OCH3 is 2. The molecule has 0 bridgehead atoms. The summed E-state index contributed by atoms with van der Waals surface area (Å²) in [4.78, 5) is 16.4. The summed E-state index contributed by atoms with van der Waals surface area (Å²) >= 11 is 0. The Bertz CT molecular complexity index is 1600. The van der Waals surface area contributed by atoms with Gasteiger partial charge in [-0.3, -0.25) is 4.79 Å². The molecule has 63 heavy (non-hydrogen) atoms. The monoisotopic (exact) mass is 899 g/mol. The first kappa shape index (κ1) is 53.3. The van der Waals surface area contributed by atoms with Crippen molar-refractivity contribution in [1.29, 1.82) is 0 Å². The molecule has 3 aliphatic heterocycles. The number of nitrogens with one attached hydrogen (secondary N) is 1. The summed E-state index contributed by atoms with van der Waals surface area (Å²) < 4.78 is 57.2. The molecule has 0 amide bonds. The van der Waals surface area contributed by atoms with Gasteiger partial charge in [-0.25, -0.2) is 0 Å². The van der Waals surface area contributed by atoms with E-state index in [9.17, 15) is 25.2 Å². The molecule has 3 fully saturated rings. The number of hydrogen-bond donors (Lipinski definition) is 5. The fourth-order valence-electron chi connectivity index (χ4n) is 9.89. The van der Waals surface area contributed by atoms with Gasteiger partial charge in [0.2, 0.25) is 0 Å². The van der Waals surface area contributed by atoms with Gasteiger partial charge in [0.15, 0.2) is 30.2 Å². The molecule has 0 aliphatic carbocycles. The van der Waals surface area contributed by atoms with Gasteiger partial charge in [-0.2, -0.15) is 0 Å². The summed E-state index contributed by atoms with van der Waals surface area (Å²) in [5.74, 6) is -1.11. The zero-order valence-corrected chi connectivity index (χ0v) is 40.8. The van der Waals surface area contributed by atoms with E-state index in [-0.39, 0.29) is 43.4 Å². The van der Waals surface area contributed by atoms with Crippen LogP contribution < -0.4 is 19.5 Å². The number of carbonyl (C=O) groups is 1. The number of cyclic esters (lactones) is 1. The number of aliphatic hydroxyl groups is 4. The highest BCUT2D eigenvalue weighted by molar-refractivity contribution is 5.73. The molecule has 3 saturated heterocycles. The molecule has 0 saturated carbocycles. The van der Waals surface area contributed by atoms with Crippen LogP contribution >= 0.6 is 0 Å². The SMILES string of the molecule is CCC1OC(=O)C(C)C(O[C@H]2C[C@@](C)(OC)[C@@H](O)[C@H](C)O2)C(C)C(O[C@@H]2O[C@H](C)C[C@H](NC)[C@H]2Oc2ccc(OC)c(OC(C)C)c2)C(C)(O)CC(C)CN(C)C(C)C(O)C1(C)O. The zero-order valence-electron chi connectivity index (χ0n) is 40.8. The lowest BCUT2D eigenvalue weighted by atomic mass is 9.77. The topological polar surface area (TPSA) is 196 Å². The summed E-state index contributed by atoms with van der Waals surface area (Å²) in [7, 11) is 6.80. The molecule has 1 aromatic carbocycles. The average Bonchev–Trinajstić information content (AvgIpc) is 3.21. The predicted molar refractivity (Wildman–Crippen MR) is 237 cm³/mol. The third-order valence-electron chi connectivity index (χ3n) is 13.7. The summed E-state index contributed by atoms with van der Waals surface area (Å²) in [6.07, 6.45) is -8.15. The van der Waals surface area contributed by atoms with Gasteiger partial charge in [0.25, 0.3) is 0 Å². The number of hydrogen-bond acceptors (Lipinski definition) is 16. The molecular weight excluding hydrogens is 817 g/mol. The first-order valence-corrected chi connectivity index (χ1v) is 22.9. The van der Waals surface area contributed by atoms with E-state index in [1.165, 1.54) is 14.0 Å². The fourth-order valence-corrected chi connectivity index (χ4v) is 9.89. The molecule has 4 rings (SSSR count). The first-order valence-electron chi connectivity index (χ1n) is 22.9. The van der Waals surface area contributed by atoms with Gasteiger partial charge in [-0.1, -0.05) is 20.8 Å². The molecule has 16 nitrogen and oxygen atoms in total. The van der Waals surface area contributed by atoms with Crippen LogP contribution in [0, 0.1) is 17.8 Å². The molecule has 1 aromatic rings. The summed E-state index contributed by atoms with van der Waals surface area (Å²) in [6.45, 7) is 22.1.